The van der Waals surface area contributed by atoms with E-state index in [0.29, 0.717) is 0 Å². The summed E-state index contributed by atoms with van der Waals surface area (Å²) < 4.78 is 0. The van der Waals surface area contributed by atoms with Gasteiger partial charge in [0.25, 0.3) is 0 Å². The quantitative estimate of drug-likeness (QED) is 0.180. The highest BCUT2D eigenvalue weighted by atomic mass is 14.5. The first kappa shape index (κ1) is 32.0. The molecule has 3 aliphatic rings. The van der Waals surface area contributed by atoms with Gasteiger partial charge in [0.2, 0.25) is 0 Å². The molecule has 8 aromatic rings. The van der Waals surface area contributed by atoms with E-state index in [-0.39, 0.29) is 10.8 Å². The summed E-state index contributed by atoms with van der Waals surface area (Å²) >= 11 is 0. The van der Waals surface area contributed by atoms with Gasteiger partial charge in [-0.15, -0.1) is 0 Å². The highest BCUT2D eigenvalue weighted by Crippen LogP contribution is 2.63. The van der Waals surface area contributed by atoms with Crippen molar-refractivity contribution < 1.29 is 0 Å². The van der Waals surface area contributed by atoms with Crippen molar-refractivity contribution in [1.82, 2.24) is 0 Å². The van der Waals surface area contributed by atoms with Crippen LogP contribution < -0.4 is 0 Å². The van der Waals surface area contributed by atoms with Gasteiger partial charge in [0, 0.05) is 16.2 Å². The second-order valence-electron chi connectivity index (χ2n) is 16.7. The van der Waals surface area contributed by atoms with E-state index in [4.69, 9.17) is 0 Å². The molecule has 0 saturated carbocycles. The number of rotatable bonds is 3. The van der Waals surface area contributed by atoms with Crippen LogP contribution in [0.25, 0.3) is 55.3 Å². The van der Waals surface area contributed by atoms with E-state index in [2.05, 4.69) is 191 Å². The van der Waals surface area contributed by atoms with Crippen LogP contribution in [-0.4, -0.2) is 0 Å². The van der Waals surface area contributed by atoms with Crippen LogP contribution >= 0.6 is 0 Å². The predicted molar refractivity (Wildman–Crippen MR) is 227 cm³/mol. The Morgan fingerprint density at radius 1 is 0.382 bits per heavy atom. The van der Waals surface area contributed by atoms with E-state index >= 15 is 0 Å². The predicted octanol–water partition coefficient (Wildman–Crippen LogP) is 13.4. The Balaban J connectivity index is 1.25. The van der Waals surface area contributed by atoms with E-state index in [1.54, 1.807) is 0 Å². The van der Waals surface area contributed by atoms with Crippen molar-refractivity contribution >= 4 is 10.8 Å². The zero-order valence-corrected chi connectivity index (χ0v) is 31.5. The molecule has 1 nitrogen and oxygen atoms in total. The van der Waals surface area contributed by atoms with Gasteiger partial charge in [0.15, 0.2) is 0 Å². The van der Waals surface area contributed by atoms with Crippen molar-refractivity contribution in [3.8, 4) is 50.6 Å². The fourth-order valence-corrected chi connectivity index (χ4v) is 10.7. The molecule has 0 aromatic heterocycles. The Morgan fingerprint density at radius 3 is 1.47 bits per heavy atom. The summed E-state index contributed by atoms with van der Waals surface area (Å²) in [5, 5.41) is 12.5. The van der Waals surface area contributed by atoms with Crippen LogP contribution in [0.4, 0.5) is 0 Å². The molecule has 3 aliphatic carbocycles. The molecule has 0 amide bonds. The topological polar surface area (TPSA) is 23.8 Å². The number of hydrogen-bond acceptors (Lipinski definition) is 1. The molecule has 1 heteroatoms. The van der Waals surface area contributed by atoms with Crippen LogP contribution in [0, 0.1) is 11.3 Å². The molecule has 0 saturated heterocycles. The smallest absolute Gasteiger partial charge is 0.0998 e. The van der Waals surface area contributed by atoms with Crippen molar-refractivity contribution in [2.24, 2.45) is 0 Å². The fraction of sp³-hybridized carbons (Fsp3) is 0.130. The Hall–Kier alpha value is -6.49. The van der Waals surface area contributed by atoms with E-state index in [9.17, 15) is 5.26 Å². The first-order valence-electron chi connectivity index (χ1n) is 19.4. The molecule has 0 atom stereocenters. The zero-order chi connectivity index (χ0) is 37.3. The molecule has 0 aliphatic heterocycles. The van der Waals surface area contributed by atoms with E-state index in [1.807, 2.05) is 6.07 Å². The second-order valence-corrected chi connectivity index (χ2v) is 16.7. The van der Waals surface area contributed by atoms with Crippen LogP contribution in [0.15, 0.2) is 164 Å². The number of nitriles is 1. The van der Waals surface area contributed by atoms with Crippen molar-refractivity contribution in [2.75, 3.05) is 0 Å². The minimum absolute atomic E-state index is 0.186. The third-order valence-electron chi connectivity index (χ3n) is 13.4. The standard InChI is InChI=1S/C54H39N/c1-52(2)45-26-34(33-16-8-5-9-17-33)24-25-39(45)41-30-48-42(28-46(41)52)43-29-47-44(51-40-23-15-14-22-38(40)35(32-55)27-50(51)53(47,3)4)31-49(43)54(48,36-18-10-6-11-19-36)37-20-12-7-13-21-37/h5-31H,1-4H3. The number of nitrogens with zero attached hydrogens (tertiary/aromatic N) is 1. The summed E-state index contributed by atoms with van der Waals surface area (Å²) in [6, 6.07) is 63.5. The lowest BCUT2D eigenvalue weighted by Gasteiger charge is -2.34. The van der Waals surface area contributed by atoms with Crippen LogP contribution in [0.2, 0.25) is 0 Å². The van der Waals surface area contributed by atoms with Gasteiger partial charge < -0.3 is 0 Å². The van der Waals surface area contributed by atoms with Crippen molar-refractivity contribution in [1.29, 1.82) is 5.26 Å². The zero-order valence-electron chi connectivity index (χ0n) is 31.5. The highest BCUT2D eigenvalue weighted by Gasteiger charge is 2.50. The summed E-state index contributed by atoms with van der Waals surface area (Å²) in [6.07, 6.45) is 0. The maximum absolute atomic E-state index is 10.3. The fourth-order valence-electron chi connectivity index (χ4n) is 10.7. The van der Waals surface area contributed by atoms with Crippen molar-refractivity contribution in [3.63, 3.8) is 0 Å². The summed E-state index contributed by atoms with van der Waals surface area (Å²) in [5.41, 5.74) is 20.5. The Labute approximate surface area is 323 Å². The second kappa shape index (κ2) is 11.0. The summed E-state index contributed by atoms with van der Waals surface area (Å²) in [4.78, 5) is 0. The van der Waals surface area contributed by atoms with E-state index in [0.717, 1.165) is 16.3 Å². The van der Waals surface area contributed by atoms with Crippen LogP contribution in [-0.2, 0) is 16.2 Å². The Bertz CT molecular complexity index is 2920. The maximum atomic E-state index is 10.3. The Kier molecular flexibility index (Phi) is 6.42. The number of fused-ring (bicyclic) bond motifs is 11. The van der Waals surface area contributed by atoms with E-state index in [1.165, 1.54) is 89.0 Å². The van der Waals surface area contributed by atoms with Crippen LogP contribution in [0.5, 0.6) is 0 Å². The van der Waals surface area contributed by atoms with Gasteiger partial charge in [0.05, 0.1) is 17.0 Å². The van der Waals surface area contributed by atoms with E-state index < -0.39 is 5.41 Å². The van der Waals surface area contributed by atoms with Crippen molar-refractivity contribution in [2.45, 2.75) is 43.9 Å². The molecule has 55 heavy (non-hydrogen) atoms. The summed E-state index contributed by atoms with van der Waals surface area (Å²) in [5.74, 6) is 0. The van der Waals surface area contributed by atoms with Gasteiger partial charge in [-0.25, -0.2) is 0 Å². The Morgan fingerprint density at radius 2 is 0.855 bits per heavy atom. The maximum Gasteiger partial charge on any atom is 0.0998 e. The number of hydrogen-bond donors (Lipinski definition) is 0. The molecule has 260 valence electrons. The molecule has 0 N–H and O–H groups in total. The first-order chi connectivity index (χ1) is 26.7. The first-order valence-corrected chi connectivity index (χ1v) is 19.4. The molecular formula is C54H39N. The average Bonchev–Trinajstić information content (AvgIpc) is 3.73. The molecule has 11 rings (SSSR count). The molecule has 0 fully saturated rings. The van der Waals surface area contributed by atoms with Crippen LogP contribution in [0.1, 0.15) is 77.8 Å². The molecule has 0 spiro atoms. The lowest BCUT2D eigenvalue weighted by molar-refractivity contribution is 0.660. The van der Waals surface area contributed by atoms with Gasteiger partial charge in [-0.3, -0.25) is 0 Å². The van der Waals surface area contributed by atoms with Crippen molar-refractivity contribution in [3.05, 3.63) is 214 Å². The third-order valence-corrected chi connectivity index (χ3v) is 13.4. The van der Waals surface area contributed by atoms with Gasteiger partial charge in [-0.05, 0) is 131 Å². The third kappa shape index (κ3) is 4.07. The molecule has 8 aromatic carbocycles. The molecule has 0 radical (unpaired) electrons. The minimum Gasteiger partial charge on any atom is -0.192 e. The highest BCUT2D eigenvalue weighted by molar-refractivity contribution is 6.06. The summed E-state index contributed by atoms with van der Waals surface area (Å²) in [7, 11) is 0. The SMILES string of the molecule is CC1(C)c2cc(-c3ccccc3)ccc2-c2cc3c(cc21)-c1cc2c(cc1C3(c1ccccc1)c1ccccc1)-c1c(cc(C#N)c3ccccc13)C2(C)C. The molecule has 0 unspecified atom stereocenters. The van der Waals surface area contributed by atoms with Crippen LogP contribution in [0.3, 0.4) is 0 Å². The normalized spacial score (nSPS) is 15.7. The van der Waals surface area contributed by atoms with Gasteiger partial charge >= 0.3 is 0 Å². The van der Waals surface area contributed by atoms with Gasteiger partial charge in [0.1, 0.15) is 0 Å². The molecule has 0 heterocycles. The molecular weight excluding hydrogens is 663 g/mol. The lowest BCUT2D eigenvalue weighted by atomic mass is 9.67. The largest absolute Gasteiger partial charge is 0.192 e. The number of benzene rings is 8. The molecule has 0 bridgehead atoms. The van der Waals surface area contributed by atoms with Gasteiger partial charge in [-0.2, -0.15) is 5.26 Å². The lowest BCUT2D eigenvalue weighted by Crippen LogP contribution is -2.29. The summed E-state index contributed by atoms with van der Waals surface area (Å²) in [6.45, 7) is 9.47. The minimum atomic E-state index is -0.552. The average molecular weight is 702 g/mol. The monoisotopic (exact) mass is 701 g/mol. The van der Waals surface area contributed by atoms with Gasteiger partial charge in [-0.1, -0.05) is 155 Å².